The van der Waals surface area contributed by atoms with Gasteiger partial charge in [-0.2, -0.15) is 0 Å². The summed E-state index contributed by atoms with van der Waals surface area (Å²) >= 11 is 6.51. The van der Waals surface area contributed by atoms with Crippen molar-refractivity contribution in [3.05, 3.63) is 45.4 Å². The highest BCUT2D eigenvalue weighted by Gasteiger charge is 2.42. The number of allylic oxidation sites excluding steroid dienone is 4. The van der Waals surface area contributed by atoms with Crippen molar-refractivity contribution < 1.29 is 28.6 Å². The van der Waals surface area contributed by atoms with Gasteiger partial charge in [0.25, 0.3) is 5.91 Å². The van der Waals surface area contributed by atoms with Crippen LogP contribution in [0.25, 0.3) is 0 Å². The van der Waals surface area contributed by atoms with Gasteiger partial charge < -0.3 is 19.9 Å². The average molecular weight is 446 g/mol. The molecule has 0 unspecified atom stereocenters. The minimum atomic E-state index is -0.641. The summed E-state index contributed by atoms with van der Waals surface area (Å²) in [5.74, 6) is 0.604. The molecule has 0 bridgehead atoms. The lowest BCUT2D eigenvalue weighted by atomic mass is 9.73. The predicted molar refractivity (Wildman–Crippen MR) is 113 cm³/mol. The summed E-state index contributed by atoms with van der Waals surface area (Å²) in [6, 6.07) is 3.39. The smallest absolute Gasteiger partial charge is 0.255 e. The number of nitrogens with two attached hydrogens (primary N) is 1. The molecule has 0 fully saturated rings. The minimum Gasteiger partial charge on any atom is -0.490 e. The van der Waals surface area contributed by atoms with Gasteiger partial charge in [-0.05, 0) is 37.5 Å². The van der Waals surface area contributed by atoms with Crippen molar-refractivity contribution >= 4 is 29.1 Å². The van der Waals surface area contributed by atoms with Crippen LogP contribution in [-0.2, 0) is 19.1 Å². The number of primary amides is 1. The van der Waals surface area contributed by atoms with Crippen molar-refractivity contribution in [2.75, 3.05) is 13.2 Å². The van der Waals surface area contributed by atoms with Crippen LogP contribution in [0.2, 0.25) is 5.02 Å². The van der Waals surface area contributed by atoms with Crippen molar-refractivity contribution in [2.24, 2.45) is 5.73 Å². The van der Waals surface area contributed by atoms with E-state index in [1.807, 2.05) is 6.92 Å². The molecular weight excluding hydrogens is 422 g/mol. The Morgan fingerprint density at radius 3 is 2.23 bits per heavy atom. The fraction of sp³-hybridized carbons (Fsp3) is 0.435. The molecular formula is C23H24ClNO6. The number of amides is 1. The number of ether oxygens (including phenoxy) is 3. The summed E-state index contributed by atoms with van der Waals surface area (Å²) in [5, 5.41) is 0.213. The Kier molecular flexibility index (Phi) is 6.05. The molecule has 3 aliphatic rings. The first-order chi connectivity index (χ1) is 14.9. The number of Topliss-reactive ketones (excluding diaryl/α,β-unsaturated/α-hetero) is 2. The van der Waals surface area contributed by atoms with E-state index in [2.05, 4.69) is 0 Å². The zero-order valence-corrected chi connectivity index (χ0v) is 18.0. The molecule has 0 spiro atoms. The van der Waals surface area contributed by atoms with Crippen LogP contribution in [0.1, 0.15) is 56.9 Å². The highest BCUT2D eigenvalue weighted by Crippen LogP contribution is 2.50. The molecule has 7 nitrogen and oxygen atoms in total. The first kappa shape index (κ1) is 21.4. The maximum Gasteiger partial charge on any atom is 0.255 e. The Hall–Kier alpha value is -2.80. The third-order valence-electron chi connectivity index (χ3n) is 5.66. The summed E-state index contributed by atoms with van der Waals surface area (Å²) in [7, 11) is 0. The molecule has 31 heavy (non-hydrogen) atoms. The number of benzene rings is 1. The number of halogens is 1. The third kappa shape index (κ3) is 4.06. The molecule has 0 atom stereocenters. The van der Waals surface area contributed by atoms with Gasteiger partial charge in [-0.15, -0.1) is 0 Å². The van der Waals surface area contributed by atoms with E-state index in [1.54, 1.807) is 12.1 Å². The third-order valence-corrected chi connectivity index (χ3v) is 5.95. The summed E-state index contributed by atoms with van der Waals surface area (Å²) < 4.78 is 17.2. The van der Waals surface area contributed by atoms with Crippen LogP contribution < -0.4 is 15.2 Å². The number of carbonyl (C=O) groups excluding carboxylic acids is 3. The number of rotatable bonds is 6. The van der Waals surface area contributed by atoms with Gasteiger partial charge in [-0.1, -0.05) is 11.6 Å². The van der Waals surface area contributed by atoms with Crippen molar-refractivity contribution in [1.29, 1.82) is 0 Å². The Balaban J connectivity index is 1.86. The summed E-state index contributed by atoms with van der Waals surface area (Å²) in [4.78, 5) is 37.0. The quantitative estimate of drug-likeness (QED) is 0.715. The van der Waals surface area contributed by atoms with Crippen LogP contribution in [0.3, 0.4) is 0 Å². The lowest BCUT2D eigenvalue weighted by Crippen LogP contribution is -2.30. The fourth-order valence-corrected chi connectivity index (χ4v) is 4.73. The Bertz CT molecular complexity index is 983. The molecule has 0 saturated heterocycles. The normalized spacial score (nSPS) is 19.0. The van der Waals surface area contributed by atoms with Crippen LogP contribution in [0.15, 0.2) is 34.8 Å². The van der Waals surface area contributed by atoms with E-state index in [4.69, 9.17) is 31.5 Å². The lowest BCUT2D eigenvalue weighted by Gasteiger charge is -2.36. The van der Waals surface area contributed by atoms with Gasteiger partial charge in [0.2, 0.25) is 0 Å². The van der Waals surface area contributed by atoms with Gasteiger partial charge in [0.15, 0.2) is 29.7 Å². The molecule has 4 rings (SSSR count). The first-order valence-corrected chi connectivity index (χ1v) is 10.9. The van der Waals surface area contributed by atoms with E-state index in [-0.39, 0.29) is 28.9 Å². The molecule has 0 radical (unpaired) electrons. The second-order valence-corrected chi connectivity index (χ2v) is 8.19. The maximum absolute atomic E-state index is 12.9. The molecule has 1 aromatic rings. The van der Waals surface area contributed by atoms with E-state index in [9.17, 15) is 14.4 Å². The van der Waals surface area contributed by atoms with Crippen molar-refractivity contribution in [3.63, 3.8) is 0 Å². The van der Waals surface area contributed by atoms with E-state index in [1.165, 1.54) is 0 Å². The number of hydrogen-bond donors (Lipinski definition) is 1. The molecule has 164 valence electrons. The molecule has 1 aliphatic heterocycles. The van der Waals surface area contributed by atoms with Gasteiger partial charge in [0.05, 0.1) is 11.6 Å². The molecule has 8 heteroatoms. The van der Waals surface area contributed by atoms with E-state index < -0.39 is 11.8 Å². The standard InChI is InChI=1S/C23H24ClNO6/c1-2-29-18-10-12(9-13(24)23(18)30-11-19(25)28)20-21-14(26)5-3-7-16(21)31-17-8-4-6-15(27)22(17)20/h9-10,20H,2-8,11H2,1H3,(H2,25,28). The summed E-state index contributed by atoms with van der Waals surface area (Å²) in [6.07, 6.45) is 3.61. The van der Waals surface area contributed by atoms with Gasteiger partial charge >= 0.3 is 0 Å². The molecule has 0 saturated carbocycles. The second-order valence-electron chi connectivity index (χ2n) is 7.78. The monoisotopic (exact) mass is 445 g/mol. The highest BCUT2D eigenvalue weighted by molar-refractivity contribution is 6.32. The SMILES string of the molecule is CCOc1cc(C2C3=C(CCCC3=O)OC3=C2C(=O)CCC3)cc(Cl)c1OCC(N)=O. The van der Waals surface area contributed by atoms with E-state index in [0.29, 0.717) is 66.3 Å². The summed E-state index contributed by atoms with van der Waals surface area (Å²) in [6.45, 7) is 1.79. The van der Waals surface area contributed by atoms with Crippen molar-refractivity contribution in [2.45, 2.75) is 51.4 Å². The van der Waals surface area contributed by atoms with E-state index in [0.717, 1.165) is 12.8 Å². The minimum absolute atomic E-state index is 0.0145. The van der Waals surface area contributed by atoms with Crippen LogP contribution in [0.5, 0.6) is 11.5 Å². The van der Waals surface area contributed by atoms with Crippen LogP contribution >= 0.6 is 11.6 Å². The van der Waals surface area contributed by atoms with Gasteiger partial charge in [-0.3, -0.25) is 14.4 Å². The fourth-order valence-electron chi connectivity index (χ4n) is 4.45. The summed E-state index contributed by atoms with van der Waals surface area (Å²) in [5.41, 5.74) is 6.91. The first-order valence-electron chi connectivity index (χ1n) is 10.5. The maximum atomic E-state index is 12.9. The second kappa shape index (κ2) is 8.75. The van der Waals surface area contributed by atoms with Gasteiger partial charge in [0.1, 0.15) is 11.5 Å². The number of carbonyl (C=O) groups is 3. The molecule has 0 aromatic heterocycles. The van der Waals surface area contributed by atoms with Gasteiger partial charge in [-0.25, -0.2) is 0 Å². The largest absolute Gasteiger partial charge is 0.490 e. The lowest BCUT2D eigenvalue weighted by molar-refractivity contribution is -0.120. The zero-order chi connectivity index (χ0) is 22.1. The van der Waals surface area contributed by atoms with Gasteiger partial charge in [0, 0.05) is 42.7 Å². The zero-order valence-electron chi connectivity index (χ0n) is 17.3. The Labute approximate surface area is 185 Å². The molecule has 1 heterocycles. The molecule has 2 N–H and O–H groups in total. The van der Waals surface area contributed by atoms with Crippen LogP contribution in [0.4, 0.5) is 0 Å². The Morgan fingerprint density at radius 2 is 1.68 bits per heavy atom. The highest BCUT2D eigenvalue weighted by atomic mass is 35.5. The van der Waals surface area contributed by atoms with Crippen LogP contribution in [-0.4, -0.2) is 30.7 Å². The average Bonchev–Trinajstić information content (AvgIpc) is 2.72. The Morgan fingerprint density at radius 1 is 1.06 bits per heavy atom. The molecule has 1 aromatic carbocycles. The number of ketones is 2. The molecule has 2 aliphatic carbocycles. The van der Waals surface area contributed by atoms with Crippen molar-refractivity contribution in [1.82, 2.24) is 0 Å². The van der Waals surface area contributed by atoms with Crippen molar-refractivity contribution in [3.8, 4) is 11.5 Å². The topological polar surface area (TPSA) is 105 Å². The van der Waals surface area contributed by atoms with E-state index >= 15 is 0 Å². The number of hydrogen-bond acceptors (Lipinski definition) is 6. The van der Waals surface area contributed by atoms with Crippen LogP contribution in [0, 0.1) is 0 Å². The predicted octanol–water partition coefficient (Wildman–Crippen LogP) is 3.73. The molecule has 1 amide bonds.